The van der Waals surface area contributed by atoms with E-state index < -0.39 is 0 Å². The van der Waals surface area contributed by atoms with Gasteiger partial charge in [0.15, 0.2) is 0 Å². The first-order valence-corrected chi connectivity index (χ1v) is 5.74. The molecule has 1 amide bonds. The molecular formula is C12H16N2O4. The molecule has 1 saturated heterocycles. The number of hydrogen-bond acceptors (Lipinski definition) is 5. The van der Waals surface area contributed by atoms with Crippen LogP contribution >= 0.6 is 0 Å². The fraction of sp³-hybridized carbons (Fsp3) is 0.417. The standard InChI is InChI=1S/C12H16N2O4/c13-6-8-7-18-4-3-14(8)12(17)10-2-1-9(15)5-11(10)16/h1-2,5,8,15-16H,3-4,6-7,13H2. The van der Waals surface area contributed by atoms with Crippen molar-refractivity contribution >= 4 is 5.91 Å². The van der Waals surface area contributed by atoms with Gasteiger partial charge in [0.2, 0.25) is 0 Å². The van der Waals surface area contributed by atoms with Crippen LogP contribution in [0.2, 0.25) is 0 Å². The summed E-state index contributed by atoms with van der Waals surface area (Å²) in [5.41, 5.74) is 5.76. The van der Waals surface area contributed by atoms with Crippen LogP contribution in [0.25, 0.3) is 0 Å². The molecule has 1 fully saturated rings. The first-order chi connectivity index (χ1) is 8.63. The fourth-order valence-corrected chi connectivity index (χ4v) is 1.97. The SMILES string of the molecule is NCC1COCCN1C(=O)c1ccc(O)cc1O. The first kappa shape index (κ1) is 12.7. The van der Waals surface area contributed by atoms with Crippen LogP contribution in [-0.4, -0.2) is 53.4 Å². The molecule has 0 spiro atoms. The van der Waals surface area contributed by atoms with Crippen LogP contribution in [0.1, 0.15) is 10.4 Å². The predicted molar refractivity (Wildman–Crippen MR) is 64.5 cm³/mol. The van der Waals surface area contributed by atoms with E-state index in [4.69, 9.17) is 10.5 Å². The van der Waals surface area contributed by atoms with Gasteiger partial charge in [-0.15, -0.1) is 0 Å². The lowest BCUT2D eigenvalue weighted by Crippen LogP contribution is -2.52. The van der Waals surface area contributed by atoms with Crippen molar-refractivity contribution in [3.05, 3.63) is 23.8 Å². The zero-order valence-electron chi connectivity index (χ0n) is 9.87. The summed E-state index contributed by atoms with van der Waals surface area (Å²) in [6.45, 7) is 1.62. The van der Waals surface area contributed by atoms with E-state index in [0.717, 1.165) is 6.07 Å². The molecule has 98 valence electrons. The second-order valence-corrected chi connectivity index (χ2v) is 4.16. The van der Waals surface area contributed by atoms with Gasteiger partial charge >= 0.3 is 0 Å². The number of nitrogens with zero attached hydrogens (tertiary/aromatic N) is 1. The summed E-state index contributed by atoms with van der Waals surface area (Å²) in [5.74, 6) is -0.616. The van der Waals surface area contributed by atoms with Crippen molar-refractivity contribution < 1.29 is 19.7 Å². The van der Waals surface area contributed by atoms with Crippen LogP contribution in [0.3, 0.4) is 0 Å². The fourth-order valence-electron chi connectivity index (χ4n) is 1.97. The third-order valence-electron chi connectivity index (χ3n) is 2.97. The van der Waals surface area contributed by atoms with Crippen molar-refractivity contribution in [2.24, 2.45) is 5.73 Å². The molecule has 4 N–H and O–H groups in total. The van der Waals surface area contributed by atoms with Crippen molar-refractivity contribution in [2.75, 3.05) is 26.3 Å². The second kappa shape index (κ2) is 5.24. The largest absolute Gasteiger partial charge is 0.508 e. The Balaban J connectivity index is 2.24. The molecule has 0 aliphatic carbocycles. The summed E-state index contributed by atoms with van der Waals surface area (Å²) in [7, 11) is 0. The third kappa shape index (κ3) is 2.39. The molecular weight excluding hydrogens is 236 g/mol. The number of phenolic OH excluding ortho intramolecular Hbond substituents is 2. The summed E-state index contributed by atoms with van der Waals surface area (Å²) < 4.78 is 5.26. The van der Waals surface area contributed by atoms with Gasteiger partial charge in [0.05, 0.1) is 24.8 Å². The summed E-state index contributed by atoms with van der Waals surface area (Å²) in [6, 6.07) is 3.73. The third-order valence-corrected chi connectivity index (χ3v) is 2.97. The minimum Gasteiger partial charge on any atom is -0.508 e. The van der Waals surface area contributed by atoms with Crippen molar-refractivity contribution in [2.45, 2.75) is 6.04 Å². The topological polar surface area (TPSA) is 96.0 Å². The van der Waals surface area contributed by atoms with E-state index in [1.807, 2.05) is 0 Å². The number of benzene rings is 1. The lowest BCUT2D eigenvalue weighted by molar-refractivity contribution is 0.000695. The Morgan fingerprint density at radius 2 is 2.28 bits per heavy atom. The number of nitrogens with two attached hydrogens (primary N) is 1. The minimum atomic E-state index is -0.300. The monoisotopic (exact) mass is 252 g/mol. The van der Waals surface area contributed by atoms with Crippen molar-refractivity contribution in [1.82, 2.24) is 4.90 Å². The van der Waals surface area contributed by atoms with E-state index in [2.05, 4.69) is 0 Å². The molecule has 0 radical (unpaired) electrons. The van der Waals surface area contributed by atoms with Crippen molar-refractivity contribution in [3.63, 3.8) is 0 Å². The molecule has 2 rings (SSSR count). The average molecular weight is 252 g/mol. The smallest absolute Gasteiger partial charge is 0.258 e. The number of aromatic hydroxyl groups is 2. The number of phenols is 2. The van der Waals surface area contributed by atoms with E-state index >= 15 is 0 Å². The molecule has 1 atom stereocenters. The molecule has 6 heteroatoms. The van der Waals surface area contributed by atoms with Crippen molar-refractivity contribution in [3.8, 4) is 11.5 Å². The Labute approximate surface area is 105 Å². The first-order valence-electron chi connectivity index (χ1n) is 5.74. The molecule has 1 aromatic carbocycles. The normalized spacial score (nSPS) is 19.8. The summed E-state index contributed by atoms with van der Waals surface area (Å²) in [4.78, 5) is 13.9. The second-order valence-electron chi connectivity index (χ2n) is 4.16. The molecule has 6 nitrogen and oxygen atoms in total. The van der Waals surface area contributed by atoms with Crippen LogP contribution in [0, 0.1) is 0 Å². The Kier molecular flexibility index (Phi) is 3.69. The number of carbonyl (C=O) groups is 1. The van der Waals surface area contributed by atoms with Gasteiger partial charge in [0.1, 0.15) is 11.5 Å². The van der Waals surface area contributed by atoms with Crippen LogP contribution in [0.4, 0.5) is 0 Å². The Morgan fingerprint density at radius 1 is 1.50 bits per heavy atom. The zero-order valence-corrected chi connectivity index (χ0v) is 9.87. The summed E-state index contributed by atoms with van der Waals surface area (Å²) >= 11 is 0. The Morgan fingerprint density at radius 3 is 2.94 bits per heavy atom. The summed E-state index contributed by atoms with van der Waals surface area (Å²) in [5, 5.41) is 18.9. The predicted octanol–water partition coefficient (Wildman–Crippen LogP) is -0.102. The highest BCUT2D eigenvalue weighted by atomic mass is 16.5. The molecule has 1 aliphatic rings. The molecule has 18 heavy (non-hydrogen) atoms. The average Bonchev–Trinajstić information content (AvgIpc) is 2.38. The molecule has 1 heterocycles. The molecule has 0 aromatic heterocycles. The van der Waals surface area contributed by atoms with E-state index in [9.17, 15) is 15.0 Å². The highest BCUT2D eigenvalue weighted by Gasteiger charge is 2.28. The maximum absolute atomic E-state index is 12.3. The summed E-state index contributed by atoms with van der Waals surface area (Å²) in [6.07, 6.45) is 0. The minimum absolute atomic E-state index is 0.0820. The Bertz CT molecular complexity index is 450. The van der Waals surface area contributed by atoms with Gasteiger partial charge in [-0.1, -0.05) is 0 Å². The van der Waals surface area contributed by atoms with E-state index in [0.29, 0.717) is 26.3 Å². The highest BCUT2D eigenvalue weighted by molar-refractivity contribution is 5.97. The van der Waals surface area contributed by atoms with Crippen LogP contribution in [0.5, 0.6) is 11.5 Å². The zero-order chi connectivity index (χ0) is 13.1. The van der Waals surface area contributed by atoms with Gasteiger partial charge in [-0.05, 0) is 12.1 Å². The van der Waals surface area contributed by atoms with Gasteiger partial charge < -0.3 is 25.6 Å². The molecule has 0 saturated carbocycles. The molecule has 1 aliphatic heterocycles. The highest BCUT2D eigenvalue weighted by Crippen LogP contribution is 2.24. The van der Waals surface area contributed by atoms with Gasteiger partial charge in [-0.25, -0.2) is 0 Å². The number of morpholine rings is 1. The number of ether oxygens (including phenoxy) is 1. The maximum atomic E-state index is 12.3. The van der Waals surface area contributed by atoms with E-state index in [-0.39, 0.29) is 29.0 Å². The van der Waals surface area contributed by atoms with Gasteiger partial charge in [0.25, 0.3) is 5.91 Å². The van der Waals surface area contributed by atoms with Gasteiger partial charge in [0, 0.05) is 19.2 Å². The quantitative estimate of drug-likeness (QED) is 0.683. The number of rotatable bonds is 2. The van der Waals surface area contributed by atoms with E-state index in [1.165, 1.54) is 12.1 Å². The lowest BCUT2D eigenvalue weighted by atomic mass is 10.1. The van der Waals surface area contributed by atoms with E-state index in [1.54, 1.807) is 4.90 Å². The van der Waals surface area contributed by atoms with Crippen LogP contribution < -0.4 is 5.73 Å². The van der Waals surface area contributed by atoms with Crippen LogP contribution in [-0.2, 0) is 4.74 Å². The molecule has 0 bridgehead atoms. The molecule has 1 aromatic rings. The number of hydrogen-bond donors (Lipinski definition) is 3. The van der Waals surface area contributed by atoms with Gasteiger partial charge in [-0.2, -0.15) is 0 Å². The van der Waals surface area contributed by atoms with Gasteiger partial charge in [-0.3, -0.25) is 4.79 Å². The number of carbonyl (C=O) groups excluding carboxylic acids is 1. The van der Waals surface area contributed by atoms with Crippen molar-refractivity contribution in [1.29, 1.82) is 0 Å². The molecule has 1 unspecified atom stereocenters. The lowest BCUT2D eigenvalue weighted by Gasteiger charge is -2.35. The Hall–Kier alpha value is -1.79. The van der Waals surface area contributed by atoms with Crippen LogP contribution in [0.15, 0.2) is 18.2 Å². The number of amides is 1. The maximum Gasteiger partial charge on any atom is 0.258 e.